The van der Waals surface area contributed by atoms with Crippen molar-refractivity contribution in [2.75, 3.05) is 0 Å². The highest BCUT2D eigenvalue weighted by atomic mass is 16.4. The first-order chi connectivity index (χ1) is 5.63. The lowest BCUT2D eigenvalue weighted by Crippen LogP contribution is -2.00. The minimum Gasteiger partial charge on any atom is -0.481 e. The number of aromatic nitrogens is 2. The quantitative estimate of drug-likeness (QED) is 0.719. The van der Waals surface area contributed by atoms with E-state index in [1.807, 2.05) is 18.5 Å². The van der Waals surface area contributed by atoms with E-state index in [1.54, 1.807) is 6.20 Å². The Kier molecular flexibility index (Phi) is 2.47. The van der Waals surface area contributed by atoms with E-state index in [-0.39, 0.29) is 6.42 Å². The number of hydrogen-bond donors (Lipinski definition) is 1. The van der Waals surface area contributed by atoms with Crippen LogP contribution in [0.1, 0.15) is 18.4 Å². The van der Waals surface area contributed by atoms with Crippen molar-refractivity contribution >= 4 is 5.97 Å². The Hall–Kier alpha value is -1.32. The molecule has 1 rings (SSSR count). The van der Waals surface area contributed by atoms with Gasteiger partial charge in [0.2, 0.25) is 0 Å². The molecule has 0 aliphatic rings. The molecule has 0 unspecified atom stereocenters. The van der Waals surface area contributed by atoms with Gasteiger partial charge in [-0.05, 0) is 0 Å². The predicted octanol–water partition coefficient (Wildman–Crippen LogP) is 0.610. The molecule has 4 nitrogen and oxygen atoms in total. The lowest BCUT2D eigenvalue weighted by atomic mass is 10.3. The fourth-order valence-corrected chi connectivity index (χ4v) is 1.14. The van der Waals surface area contributed by atoms with Crippen molar-refractivity contribution in [2.24, 2.45) is 7.05 Å². The third-order valence-electron chi connectivity index (χ3n) is 1.67. The van der Waals surface area contributed by atoms with Crippen molar-refractivity contribution in [3.05, 3.63) is 17.7 Å². The fourth-order valence-electron chi connectivity index (χ4n) is 1.14. The molecule has 0 atom stereocenters. The first kappa shape index (κ1) is 8.77. The number of aliphatic carboxylic acids is 1. The van der Waals surface area contributed by atoms with Crippen LogP contribution in [0.2, 0.25) is 0 Å². The third-order valence-corrected chi connectivity index (χ3v) is 1.67. The van der Waals surface area contributed by atoms with E-state index in [0.29, 0.717) is 5.69 Å². The molecule has 4 heteroatoms. The number of carbonyl (C=O) groups is 1. The van der Waals surface area contributed by atoms with Crippen molar-refractivity contribution in [1.29, 1.82) is 0 Å². The zero-order valence-electron chi connectivity index (χ0n) is 7.24. The average molecular weight is 168 g/mol. The van der Waals surface area contributed by atoms with Crippen molar-refractivity contribution in [1.82, 2.24) is 9.55 Å². The van der Waals surface area contributed by atoms with Gasteiger partial charge in [0, 0.05) is 19.7 Å². The summed E-state index contributed by atoms with van der Waals surface area (Å²) in [6.45, 7) is 1.99. The molecule has 0 bridgehead atoms. The van der Waals surface area contributed by atoms with Gasteiger partial charge in [0.15, 0.2) is 0 Å². The number of hydrogen-bond acceptors (Lipinski definition) is 2. The molecule has 66 valence electrons. The summed E-state index contributed by atoms with van der Waals surface area (Å²) in [6, 6.07) is 0. The van der Waals surface area contributed by atoms with Gasteiger partial charge in [-0.2, -0.15) is 0 Å². The molecule has 0 aliphatic heterocycles. The maximum atomic E-state index is 10.3. The molecule has 0 radical (unpaired) electrons. The Morgan fingerprint density at radius 1 is 1.75 bits per heavy atom. The number of imidazole rings is 1. The fraction of sp³-hybridized carbons (Fsp3) is 0.500. The van der Waals surface area contributed by atoms with Gasteiger partial charge in [0.05, 0.1) is 12.1 Å². The van der Waals surface area contributed by atoms with Crippen LogP contribution in [0.25, 0.3) is 0 Å². The van der Waals surface area contributed by atoms with Gasteiger partial charge >= 0.3 is 5.97 Å². The Morgan fingerprint density at radius 3 is 2.83 bits per heavy atom. The lowest BCUT2D eigenvalue weighted by Gasteiger charge is -1.92. The molecule has 0 amide bonds. The molecular weight excluding hydrogens is 156 g/mol. The highest BCUT2D eigenvalue weighted by Crippen LogP contribution is 2.02. The van der Waals surface area contributed by atoms with Crippen LogP contribution in [0.4, 0.5) is 0 Å². The molecule has 1 N–H and O–H groups in total. The van der Waals surface area contributed by atoms with E-state index in [0.717, 1.165) is 12.2 Å². The number of rotatable bonds is 3. The molecular formula is C8H12N2O2. The van der Waals surface area contributed by atoms with Crippen LogP contribution < -0.4 is 0 Å². The molecule has 0 fully saturated rings. The number of carboxylic acid groups (broad SMARTS) is 1. The Labute approximate surface area is 70.9 Å². The van der Waals surface area contributed by atoms with Gasteiger partial charge in [0.25, 0.3) is 0 Å². The van der Waals surface area contributed by atoms with Crippen molar-refractivity contribution in [3.8, 4) is 0 Å². The summed E-state index contributed by atoms with van der Waals surface area (Å²) in [5.74, 6) is 0.0852. The SMILES string of the molecule is CCc1nc(CC(=O)O)cn1C. The van der Waals surface area contributed by atoms with Gasteiger partial charge in [-0.1, -0.05) is 6.92 Å². The highest BCUT2D eigenvalue weighted by Gasteiger charge is 2.06. The van der Waals surface area contributed by atoms with E-state index in [4.69, 9.17) is 5.11 Å². The summed E-state index contributed by atoms with van der Waals surface area (Å²) in [7, 11) is 1.87. The molecule has 0 saturated heterocycles. The summed E-state index contributed by atoms with van der Waals surface area (Å²) in [6.07, 6.45) is 2.59. The second-order valence-electron chi connectivity index (χ2n) is 2.68. The monoisotopic (exact) mass is 168 g/mol. The Balaban J connectivity index is 2.82. The topological polar surface area (TPSA) is 55.1 Å². The Bertz CT molecular complexity index is 291. The van der Waals surface area contributed by atoms with E-state index < -0.39 is 5.97 Å². The smallest absolute Gasteiger partial charge is 0.309 e. The van der Waals surface area contributed by atoms with Crippen molar-refractivity contribution < 1.29 is 9.90 Å². The van der Waals surface area contributed by atoms with Crippen LogP contribution in [-0.2, 0) is 24.7 Å². The second-order valence-corrected chi connectivity index (χ2v) is 2.68. The van der Waals surface area contributed by atoms with E-state index >= 15 is 0 Å². The summed E-state index contributed by atoms with van der Waals surface area (Å²) in [5, 5.41) is 8.49. The van der Waals surface area contributed by atoms with Crippen LogP contribution in [0.15, 0.2) is 6.20 Å². The molecule has 12 heavy (non-hydrogen) atoms. The normalized spacial score (nSPS) is 10.2. The Morgan fingerprint density at radius 2 is 2.42 bits per heavy atom. The van der Waals surface area contributed by atoms with Crippen LogP contribution in [0.5, 0.6) is 0 Å². The molecule has 1 aromatic rings. The van der Waals surface area contributed by atoms with Gasteiger partial charge in [-0.25, -0.2) is 4.98 Å². The van der Waals surface area contributed by atoms with Crippen molar-refractivity contribution in [2.45, 2.75) is 19.8 Å². The summed E-state index contributed by atoms with van der Waals surface area (Å²) < 4.78 is 1.86. The van der Waals surface area contributed by atoms with Gasteiger partial charge in [-0.3, -0.25) is 4.79 Å². The maximum absolute atomic E-state index is 10.3. The maximum Gasteiger partial charge on any atom is 0.309 e. The van der Waals surface area contributed by atoms with E-state index in [9.17, 15) is 4.79 Å². The second kappa shape index (κ2) is 3.38. The summed E-state index contributed by atoms with van der Waals surface area (Å²) in [5.41, 5.74) is 0.627. The van der Waals surface area contributed by atoms with Gasteiger partial charge < -0.3 is 9.67 Å². The lowest BCUT2D eigenvalue weighted by molar-refractivity contribution is -0.136. The molecule has 1 heterocycles. The summed E-state index contributed by atoms with van der Waals surface area (Å²) >= 11 is 0. The summed E-state index contributed by atoms with van der Waals surface area (Å²) in [4.78, 5) is 14.5. The number of nitrogens with zero attached hydrogens (tertiary/aromatic N) is 2. The molecule has 0 saturated carbocycles. The minimum absolute atomic E-state index is 0.00778. The number of aryl methyl sites for hydroxylation is 2. The average Bonchev–Trinajstić information content (AvgIpc) is 2.29. The van der Waals surface area contributed by atoms with E-state index in [1.165, 1.54) is 0 Å². The first-order valence-electron chi connectivity index (χ1n) is 3.86. The van der Waals surface area contributed by atoms with Crippen LogP contribution >= 0.6 is 0 Å². The van der Waals surface area contributed by atoms with Gasteiger partial charge in [-0.15, -0.1) is 0 Å². The third kappa shape index (κ3) is 1.84. The van der Waals surface area contributed by atoms with E-state index in [2.05, 4.69) is 4.98 Å². The highest BCUT2D eigenvalue weighted by molar-refractivity contribution is 5.69. The van der Waals surface area contributed by atoms with Gasteiger partial charge in [0.1, 0.15) is 5.82 Å². The van der Waals surface area contributed by atoms with Crippen molar-refractivity contribution in [3.63, 3.8) is 0 Å². The molecule has 0 aliphatic carbocycles. The zero-order valence-corrected chi connectivity index (χ0v) is 7.24. The van der Waals surface area contributed by atoms with Crippen LogP contribution in [-0.4, -0.2) is 20.6 Å². The minimum atomic E-state index is -0.837. The first-order valence-corrected chi connectivity index (χ1v) is 3.86. The van der Waals surface area contributed by atoms with Crippen LogP contribution in [0.3, 0.4) is 0 Å². The zero-order chi connectivity index (χ0) is 9.14. The molecule has 1 aromatic heterocycles. The van der Waals surface area contributed by atoms with Crippen LogP contribution in [0, 0.1) is 0 Å². The molecule has 0 spiro atoms. The standard InChI is InChI=1S/C8H12N2O2/c1-3-7-9-6(4-8(11)12)5-10(7)2/h5H,3-4H2,1-2H3,(H,11,12). The molecule has 0 aromatic carbocycles. The number of carboxylic acids is 1. The predicted molar refractivity (Wildman–Crippen MR) is 43.9 cm³/mol. The largest absolute Gasteiger partial charge is 0.481 e.